The molecule has 0 saturated heterocycles. The molecular formula is C14H11Br2Cl2N. The van der Waals surface area contributed by atoms with Crippen molar-refractivity contribution in [1.29, 1.82) is 0 Å². The van der Waals surface area contributed by atoms with Gasteiger partial charge in [0, 0.05) is 8.95 Å². The van der Waals surface area contributed by atoms with Crippen molar-refractivity contribution >= 4 is 55.1 Å². The summed E-state index contributed by atoms with van der Waals surface area (Å²) in [6, 6.07) is 9.24. The van der Waals surface area contributed by atoms with Gasteiger partial charge in [-0.15, -0.1) is 0 Å². The number of hydrogen-bond donors (Lipinski definition) is 1. The van der Waals surface area contributed by atoms with Crippen molar-refractivity contribution in [3.63, 3.8) is 0 Å². The summed E-state index contributed by atoms with van der Waals surface area (Å²) < 4.78 is 2.01. The van der Waals surface area contributed by atoms with Crippen LogP contribution in [0.5, 0.6) is 0 Å². The number of nitrogens with two attached hydrogens (primary N) is 1. The van der Waals surface area contributed by atoms with Crippen molar-refractivity contribution in [1.82, 2.24) is 0 Å². The van der Waals surface area contributed by atoms with E-state index in [1.807, 2.05) is 25.1 Å². The first-order chi connectivity index (χ1) is 8.90. The summed E-state index contributed by atoms with van der Waals surface area (Å²) >= 11 is 19.0. The Bertz CT molecular complexity index is 629. The van der Waals surface area contributed by atoms with Gasteiger partial charge in [-0.25, -0.2) is 0 Å². The van der Waals surface area contributed by atoms with E-state index in [9.17, 15) is 0 Å². The van der Waals surface area contributed by atoms with Gasteiger partial charge in [0.15, 0.2) is 0 Å². The first-order valence-corrected chi connectivity index (χ1v) is 7.90. The highest BCUT2D eigenvalue weighted by Gasteiger charge is 2.15. The van der Waals surface area contributed by atoms with Gasteiger partial charge in [-0.3, -0.25) is 0 Å². The molecule has 0 aliphatic heterocycles. The molecule has 0 radical (unpaired) electrons. The second kappa shape index (κ2) is 6.15. The molecule has 100 valence electrons. The van der Waals surface area contributed by atoms with Gasteiger partial charge in [-0.05, 0) is 47.9 Å². The smallest absolute Gasteiger partial charge is 0.0595 e. The summed E-state index contributed by atoms with van der Waals surface area (Å²) in [4.78, 5) is 0. The maximum absolute atomic E-state index is 6.30. The second-order valence-corrected chi connectivity index (χ2v) is 6.80. The second-order valence-electron chi connectivity index (χ2n) is 4.27. The third kappa shape index (κ3) is 3.34. The third-order valence-corrected chi connectivity index (χ3v) is 5.20. The summed E-state index contributed by atoms with van der Waals surface area (Å²) in [6.07, 6.45) is 0. The minimum absolute atomic E-state index is 0.263. The van der Waals surface area contributed by atoms with E-state index >= 15 is 0 Å². The lowest BCUT2D eigenvalue weighted by Crippen LogP contribution is -2.12. The fraction of sp³-hybridized carbons (Fsp3) is 0.143. The number of halogens is 4. The van der Waals surface area contributed by atoms with Crippen LogP contribution in [-0.4, -0.2) is 0 Å². The Balaban J connectivity index is 2.46. The van der Waals surface area contributed by atoms with Gasteiger partial charge >= 0.3 is 0 Å². The Labute approximate surface area is 139 Å². The molecule has 0 spiro atoms. The van der Waals surface area contributed by atoms with E-state index in [0.717, 1.165) is 25.6 Å². The topological polar surface area (TPSA) is 26.0 Å². The standard InChI is InChI=1S/C14H11Br2Cl2N/c1-7-4-11(16)9(6-10(7)15)14(19)8-2-3-12(17)13(18)5-8/h2-6,14H,19H2,1H3. The summed E-state index contributed by atoms with van der Waals surface area (Å²) in [5, 5.41) is 1.04. The highest BCUT2D eigenvalue weighted by atomic mass is 79.9. The van der Waals surface area contributed by atoms with Crippen LogP contribution in [0.25, 0.3) is 0 Å². The zero-order chi connectivity index (χ0) is 14.2. The van der Waals surface area contributed by atoms with Crippen molar-refractivity contribution < 1.29 is 0 Å². The van der Waals surface area contributed by atoms with Gasteiger partial charge in [0.1, 0.15) is 0 Å². The van der Waals surface area contributed by atoms with Crippen molar-refractivity contribution in [3.8, 4) is 0 Å². The SMILES string of the molecule is Cc1cc(Br)c(C(N)c2ccc(Cl)c(Cl)c2)cc1Br. The zero-order valence-electron chi connectivity index (χ0n) is 10.1. The Kier molecular flexibility index (Phi) is 4.96. The van der Waals surface area contributed by atoms with Crippen LogP contribution in [0.4, 0.5) is 0 Å². The molecule has 0 heterocycles. The average Bonchev–Trinajstić information content (AvgIpc) is 2.36. The molecule has 1 atom stereocenters. The molecule has 0 saturated carbocycles. The van der Waals surface area contributed by atoms with E-state index in [4.69, 9.17) is 28.9 Å². The maximum Gasteiger partial charge on any atom is 0.0595 e. The van der Waals surface area contributed by atoms with Gasteiger partial charge in [-0.2, -0.15) is 0 Å². The lowest BCUT2D eigenvalue weighted by atomic mass is 9.99. The minimum atomic E-state index is -0.263. The summed E-state index contributed by atoms with van der Waals surface area (Å²) in [7, 11) is 0. The third-order valence-electron chi connectivity index (χ3n) is 2.92. The zero-order valence-corrected chi connectivity index (χ0v) is 14.7. The van der Waals surface area contributed by atoms with E-state index in [1.54, 1.807) is 12.1 Å². The van der Waals surface area contributed by atoms with E-state index in [-0.39, 0.29) is 6.04 Å². The Morgan fingerprint density at radius 1 is 1.00 bits per heavy atom. The van der Waals surface area contributed by atoms with Gasteiger partial charge < -0.3 is 5.73 Å². The van der Waals surface area contributed by atoms with Crippen LogP contribution in [-0.2, 0) is 0 Å². The molecule has 1 unspecified atom stereocenters. The molecule has 2 N–H and O–H groups in total. The fourth-order valence-corrected chi connectivity index (χ4v) is 3.16. The molecule has 0 aromatic heterocycles. The summed E-state index contributed by atoms with van der Waals surface area (Å²) in [5.41, 5.74) is 9.37. The Morgan fingerprint density at radius 2 is 1.68 bits per heavy atom. The molecule has 2 aromatic carbocycles. The largest absolute Gasteiger partial charge is 0.320 e. The lowest BCUT2D eigenvalue weighted by Gasteiger charge is -2.16. The minimum Gasteiger partial charge on any atom is -0.320 e. The van der Waals surface area contributed by atoms with Gasteiger partial charge in [0.25, 0.3) is 0 Å². The van der Waals surface area contributed by atoms with Gasteiger partial charge in [0.2, 0.25) is 0 Å². The molecule has 19 heavy (non-hydrogen) atoms. The quantitative estimate of drug-likeness (QED) is 0.641. The molecule has 0 aliphatic rings. The monoisotopic (exact) mass is 421 g/mol. The number of aryl methyl sites for hydroxylation is 1. The summed E-state index contributed by atoms with van der Waals surface area (Å²) in [5.74, 6) is 0. The van der Waals surface area contributed by atoms with Gasteiger partial charge in [0.05, 0.1) is 16.1 Å². The van der Waals surface area contributed by atoms with Gasteiger partial charge in [-0.1, -0.05) is 61.1 Å². The number of benzene rings is 2. The predicted octanol–water partition coefficient (Wildman–Crippen LogP) is 5.87. The fourth-order valence-electron chi connectivity index (χ4n) is 1.79. The Morgan fingerprint density at radius 3 is 2.32 bits per heavy atom. The van der Waals surface area contributed by atoms with Crippen LogP contribution >= 0.6 is 55.1 Å². The molecule has 0 amide bonds. The molecule has 2 rings (SSSR count). The van der Waals surface area contributed by atoms with Crippen LogP contribution < -0.4 is 5.73 Å². The first-order valence-electron chi connectivity index (χ1n) is 5.56. The van der Waals surface area contributed by atoms with E-state index < -0.39 is 0 Å². The molecule has 5 heteroatoms. The average molecular weight is 424 g/mol. The molecule has 0 aliphatic carbocycles. The van der Waals surface area contributed by atoms with Crippen LogP contribution in [0.2, 0.25) is 10.0 Å². The van der Waals surface area contributed by atoms with Crippen LogP contribution in [0.15, 0.2) is 39.3 Å². The van der Waals surface area contributed by atoms with E-state index in [0.29, 0.717) is 10.0 Å². The molecule has 1 nitrogen and oxygen atoms in total. The highest BCUT2D eigenvalue weighted by Crippen LogP contribution is 2.33. The first kappa shape index (κ1) is 15.3. The summed E-state index contributed by atoms with van der Waals surface area (Å²) in [6.45, 7) is 2.03. The van der Waals surface area contributed by atoms with Crippen LogP contribution in [0.1, 0.15) is 22.7 Å². The number of rotatable bonds is 2. The van der Waals surface area contributed by atoms with Crippen LogP contribution in [0.3, 0.4) is 0 Å². The Hall–Kier alpha value is -0.0600. The molecule has 0 bridgehead atoms. The van der Waals surface area contributed by atoms with E-state index in [1.165, 1.54) is 0 Å². The van der Waals surface area contributed by atoms with E-state index in [2.05, 4.69) is 31.9 Å². The molecule has 2 aromatic rings. The normalized spacial score (nSPS) is 12.5. The van der Waals surface area contributed by atoms with Crippen molar-refractivity contribution in [2.75, 3.05) is 0 Å². The van der Waals surface area contributed by atoms with Crippen LogP contribution in [0, 0.1) is 6.92 Å². The lowest BCUT2D eigenvalue weighted by molar-refractivity contribution is 0.864. The molecular weight excluding hydrogens is 413 g/mol. The number of hydrogen-bond acceptors (Lipinski definition) is 1. The maximum atomic E-state index is 6.30. The van der Waals surface area contributed by atoms with Crippen molar-refractivity contribution in [2.24, 2.45) is 5.73 Å². The highest BCUT2D eigenvalue weighted by molar-refractivity contribution is 9.11. The predicted molar refractivity (Wildman–Crippen MR) is 89.1 cm³/mol. The van der Waals surface area contributed by atoms with Crippen molar-refractivity contribution in [3.05, 3.63) is 66.0 Å². The molecule has 0 fully saturated rings. The van der Waals surface area contributed by atoms with Crippen molar-refractivity contribution in [2.45, 2.75) is 13.0 Å².